The number of anilines is 3. The second-order valence-corrected chi connectivity index (χ2v) is 9.64. The number of nitro groups is 1. The molecule has 0 amide bonds. The molecule has 196 valence electrons. The Morgan fingerprint density at radius 2 is 1.64 bits per heavy atom. The van der Waals surface area contributed by atoms with Gasteiger partial charge in [-0.3, -0.25) is 10.1 Å². The smallest absolute Gasteiger partial charge is 0.347 e. The molecule has 2 heterocycles. The lowest BCUT2D eigenvalue weighted by Crippen LogP contribution is -2.33. The van der Waals surface area contributed by atoms with Crippen LogP contribution in [-0.4, -0.2) is 24.0 Å². The quantitative estimate of drug-likeness (QED) is 0.165. The standard InChI is InChI=1S/C31H27N3O5/c1-4-33(5-2)21-14-15-22-28(17-21)38-27-16-19(3)25(32-20-10-7-6-8-11-20)18-24(27)31(22)23-12-9-13-26(34(36)37)29(23)30(35)39-31/h6-18,32H,4-5H2,1-3H3/t31-/m0/s1. The molecule has 6 rings (SSSR count). The minimum absolute atomic E-state index is 0.0349. The summed E-state index contributed by atoms with van der Waals surface area (Å²) in [4.78, 5) is 27.0. The Kier molecular flexibility index (Phi) is 5.75. The highest BCUT2D eigenvalue weighted by atomic mass is 16.6. The molecule has 0 bridgehead atoms. The molecule has 0 fully saturated rings. The van der Waals surface area contributed by atoms with Gasteiger partial charge in [-0.2, -0.15) is 0 Å². The third kappa shape index (κ3) is 3.71. The molecule has 2 aliphatic heterocycles. The molecule has 0 unspecified atom stereocenters. The number of benzene rings is 4. The van der Waals surface area contributed by atoms with Gasteiger partial charge in [-0.1, -0.05) is 30.3 Å². The molecule has 0 radical (unpaired) electrons. The van der Waals surface area contributed by atoms with Crippen LogP contribution >= 0.6 is 0 Å². The van der Waals surface area contributed by atoms with Gasteiger partial charge in [0, 0.05) is 59.0 Å². The number of carbonyl (C=O) groups is 1. The van der Waals surface area contributed by atoms with E-state index in [0.29, 0.717) is 28.2 Å². The second kappa shape index (κ2) is 9.16. The van der Waals surface area contributed by atoms with Crippen molar-refractivity contribution in [3.63, 3.8) is 0 Å². The molecule has 8 nitrogen and oxygen atoms in total. The third-order valence-corrected chi connectivity index (χ3v) is 7.52. The zero-order valence-electron chi connectivity index (χ0n) is 21.9. The van der Waals surface area contributed by atoms with Crippen LogP contribution in [0.2, 0.25) is 0 Å². The molecule has 1 spiro atoms. The zero-order valence-corrected chi connectivity index (χ0v) is 21.9. The summed E-state index contributed by atoms with van der Waals surface area (Å²) in [5.74, 6) is 0.340. The molecule has 8 heteroatoms. The largest absolute Gasteiger partial charge is 0.456 e. The fourth-order valence-electron chi connectivity index (χ4n) is 5.63. The van der Waals surface area contributed by atoms with Gasteiger partial charge in [-0.15, -0.1) is 0 Å². The highest BCUT2D eigenvalue weighted by Gasteiger charge is 2.56. The summed E-state index contributed by atoms with van der Waals surface area (Å²) < 4.78 is 12.7. The van der Waals surface area contributed by atoms with E-state index in [4.69, 9.17) is 9.47 Å². The maximum absolute atomic E-state index is 13.4. The van der Waals surface area contributed by atoms with E-state index < -0.39 is 16.5 Å². The Labute approximate surface area is 225 Å². The highest BCUT2D eigenvalue weighted by Crippen LogP contribution is 2.58. The van der Waals surface area contributed by atoms with Crippen molar-refractivity contribution in [3.8, 4) is 11.5 Å². The Morgan fingerprint density at radius 3 is 2.36 bits per heavy atom. The molecular weight excluding hydrogens is 494 g/mol. The maximum Gasteiger partial charge on any atom is 0.347 e. The Hall–Kier alpha value is -4.85. The Balaban J connectivity index is 1.62. The van der Waals surface area contributed by atoms with Crippen LogP contribution in [0.3, 0.4) is 0 Å². The van der Waals surface area contributed by atoms with Crippen LogP contribution in [0.25, 0.3) is 0 Å². The van der Waals surface area contributed by atoms with Gasteiger partial charge in [0.15, 0.2) is 5.60 Å². The Bertz CT molecular complexity index is 1630. The van der Waals surface area contributed by atoms with E-state index in [2.05, 4.69) is 24.1 Å². The van der Waals surface area contributed by atoms with Crippen molar-refractivity contribution in [2.45, 2.75) is 26.4 Å². The third-order valence-electron chi connectivity index (χ3n) is 7.52. The van der Waals surface area contributed by atoms with E-state index in [1.807, 2.05) is 67.6 Å². The fraction of sp³-hybridized carbons (Fsp3) is 0.194. The summed E-state index contributed by atoms with van der Waals surface area (Å²) >= 11 is 0. The molecule has 4 aromatic rings. The van der Waals surface area contributed by atoms with Crippen molar-refractivity contribution in [3.05, 3.63) is 117 Å². The molecule has 39 heavy (non-hydrogen) atoms. The first-order valence-corrected chi connectivity index (χ1v) is 12.9. The Morgan fingerprint density at radius 1 is 0.897 bits per heavy atom. The molecule has 1 atom stereocenters. The number of para-hydroxylation sites is 1. The number of nitrogens with zero attached hydrogens (tertiary/aromatic N) is 2. The molecule has 0 aliphatic carbocycles. The lowest BCUT2D eigenvalue weighted by atomic mass is 9.77. The number of esters is 1. The van der Waals surface area contributed by atoms with Crippen LogP contribution < -0.4 is 15.0 Å². The number of nitro benzene ring substituents is 1. The summed E-state index contributed by atoms with van der Waals surface area (Å²) in [5.41, 5.74) is 3.53. The first-order valence-electron chi connectivity index (χ1n) is 12.9. The van der Waals surface area contributed by atoms with Gasteiger partial charge in [-0.05, 0) is 62.7 Å². The molecule has 1 N–H and O–H groups in total. The highest BCUT2D eigenvalue weighted by molar-refractivity contribution is 6.01. The second-order valence-electron chi connectivity index (χ2n) is 9.64. The summed E-state index contributed by atoms with van der Waals surface area (Å²) in [6.45, 7) is 7.77. The summed E-state index contributed by atoms with van der Waals surface area (Å²) in [7, 11) is 0. The first-order chi connectivity index (χ1) is 18.9. The molecule has 0 aromatic heterocycles. The van der Waals surface area contributed by atoms with E-state index in [0.717, 1.165) is 35.7 Å². The van der Waals surface area contributed by atoms with E-state index in [-0.39, 0.29) is 11.3 Å². The number of aryl methyl sites for hydroxylation is 1. The number of fused-ring (bicyclic) bond motifs is 6. The number of nitrogens with one attached hydrogen (secondary N) is 1. The molecule has 0 saturated heterocycles. The number of rotatable bonds is 6. The topological polar surface area (TPSA) is 93.9 Å². The first kappa shape index (κ1) is 24.5. The number of carbonyl (C=O) groups excluding carboxylic acids is 1. The average molecular weight is 522 g/mol. The zero-order chi connectivity index (χ0) is 27.3. The van der Waals surface area contributed by atoms with Crippen molar-refractivity contribution >= 4 is 28.7 Å². The van der Waals surface area contributed by atoms with E-state index in [9.17, 15) is 14.9 Å². The van der Waals surface area contributed by atoms with Crippen molar-refractivity contribution in [1.29, 1.82) is 0 Å². The molecule has 2 aliphatic rings. The number of hydrogen-bond acceptors (Lipinski definition) is 7. The van der Waals surface area contributed by atoms with Crippen LogP contribution in [-0.2, 0) is 10.3 Å². The van der Waals surface area contributed by atoms with E-state index >= 15 is 0 Å². The summed E-state index contributed by atoms with van der Waals surface area (Å²) in [5, 5.41) is 15.4. The lowest BCUT2D eigenvalue weighted by Gasteiger charge is -2.37. The SMILES string of the molecule is CCN(CC)c1ccc2c(c1)Oc1cc(C)c(Nc3ccccc3)cc1[C@]21OC(=O)c2c([N+](=O)[O-])cccc21. The normalized spacial score (nSPS) is 16.5. The van der Waals surface area contributed by atoms with Crippen LogP contribution in [0.15, 0.2) is 78.9 Å². The number of ether oxygens (including phenoxy) is 2. The van der Waals surface area contributed by atoms with Crippen molar-refractivity contribution < 1.29 is 19.2 Å². The van der Waals surface area contributed by atoms with Gasteiger partial charge in [0.1, 0.15) is 17.1 Å². The van der Waals surface area contributed by atoms with Gasteiger partial charge in [0.2, 0.25) is 0 Å². The number of hydrogen-bond donors (Lipinski definition) is 1. The molecular formula is C31H27N3O5. The van der Waals surface area contributed by atoms with Gasteiger partial charge < -0.3 is 19.7 Å². The minimum atomic E-state index is -1.41. The van der Waals surface area contributed by atoms with E-state index in [1.54, 1.807) is 12.1 Å². The van der Waals surface area contributed by atoms with Crippen molar-refractivity contribution in [1.82, 2.24) is 0 Å². The van der Waals surface area contributed by atoms with Crippen LogP contribution in [0, 0.1) is 17.0 Å². The van der Waals surface area contributed by atoms with Gasteiger partial charge in [-0.25, -0.2) is 4.79 Å². The van der Waals surface area contributed by atoms with Gasteiger partial charge in [0.25, 0.3) is 5.69 Å². The lowest BCUT2D eigenvalue weighted by molar-refractivity contribution is -0.385. The minimum Gasteiger partial charge on any atom is -0.456 e. The van der Waals surface area contributed by atoms with Crippen molar-refractivity contribution in [2.75, 3.05) is 23.3 Å². The van der Waals surface area contributed by atoms with Gasteiger partial charge in [0.05, 0.1) is 4.92 Å². The fourth-order valence-corrected chi connectivity index (χ4v) is 5.63. The molecule has 0 saturated carbocycles. The van der Waals surface area contributed by atoms with Crippen molar-refractivity contribution in [2.24, 2.45) is 0 Å². The average Bonchev–Trinajstić information content (AvgIpc) is 3.23. The monoisotopic (exact) mass is 521 g/mol. The van der Waals surface area contributed by atoms with Gasteiger partial charge >= 0.3 is 5.97 Å². The van der Waals surface area contributed by atoms with E-state index in [1.165, 1.54) is 6.07 Å². The predicted octanol–water partition coefficient (Wildman–Crippen LogP) is 7.06. The molecule has 4 aromatic carbocycles. The van der Waals surface area contributed by atoms with Crippen LogP contribution in [0.5, 0.6) is 11.5 Å². The van der Waals surface area contributed by atoms with Crippen LogP contribution in [0.4, 0.5) is 22.7 Å². The predicted molar refractivity (Wildman–Crippen MR) is 149 cm³/mol. The maximum atomic E-state index is 13.4. The van der Waals surface area contributed by atoms with Crippen LogP contribution in [0.1, 0.15) is 46.5 Å². The summed E-state index contributed by atoms with van der Waals surface area (Å²) in [6.07, 6.45) is 0. The summed E-state index contributed by atoms with van der Waals surface area (Å²) in [6, 6.07) is 24.1.